The van der Waals surface area contributed by atoms with Crippen molar-refractivity contribution in [1.29, 1.82) is 0 Å². The quantitative estimate of drug-likeness (QED) is 0.909. The van der Waals surface area contributed by atoms with E-state index in [2.05, 4.69) is 20.8 Å². The molecule has 116 valence electrons. The third-order valence-corrected chi connectivity index (χ3v) is 3.56. The molecule has 3 rings (SSSR count). The minimum Gasteiger partial charge on any atom is -0.373 e. The first-order valence-corrected chi connectivity index (χ1v) is 7.23. The molecule has 7 heteroatoms. The van der Waals surface area contributed by atoms with E-state index in [0.717, 1.165) is 24.1 Å². The fraction of sp³-hybridized carbons (Fsp3) is 0.400. The molecule has 1 aliphatic rings. The molecule has 22 heavy (non-hydrogen) atoms. The number of pyridine rings is 1. The zero-order chi connectivity index (χ0) is 15.4. The SMILES string of the molecule is Cc1cc(NC(=O)N[C@@H]2CCO[C@H](c3ccncc3)C2)on1. The molecule has 3 heterocycles. The normalized spacial score (nSPS) is 21.3. The van der Waals surface area contributed by atoms with Gasteiger partial charge in [-0.05, 0) is 37.5 Å². The lowest BCUT2D eigenvalue weighted by Gasteiger charge is -2.30. The lowest BCUT2D eigenvalue weighted by Crippen LogP contribution is -2.41. The van der Waals surface area contributed by atoms with Gasteiger partial charge in [-0.2, -0.15) is 0 Å². The molecule has 0 saturated carbocycles. The standard InChI is InChI=1S/C15H18N4O3/c1-10-8-14(22-19-10)18-15(20)17-12-4-7-21-13(9-12)11-2-5-16-6-3-11/h2-3,5-6,8,12-13H,4,7,9H2,1H3,(H2,17,18,20)/t12-,13+/m1/s1. The number of amides is 2. The molecule has 0 spiro atoms. The van der Waals surface area contributed by atoms with Crippen LogP contribution in [0.3, 0.4) is 0 Å². The maximum absolute atomic E-state index is 12.0. The molecule has 2 N–H and O–H groups in total. The van der Waals surface area contributed by atoms with E-state index in [-0.39, 0.29) is 18.2 Å². The van der Waals surface area contributed by atoms with Crippen molar-refractivity contribution in [3.63, 3.8) is 0 Å². The summed E-state index contributed by atoms with van der Waals surface area (Å²) in [6.07, 6.45) is 4.98. The number of aromatic nitrogens is 2. The van der Waals surface area contributed by atoms with Crippen LogP contribution in [-0.4, -0.2) is 28.8 Å². The number of ether oxygens (including phenoxy) is 1. The summed E-state index contributed by atoms with van der Waals surface area (Å²) in [5.74, 6) is 0.341. The largest absolute Gasteiger partial charge is 0.373 e. The summed E-state index contributed by atoms with van der Waals surface area (Å²) in [4.78, 5) is 16.0. The molecule has 2 atom stereocenters. The average molecular weight is 302 g/mol. The smallest absolute Gasteiger partial charge is 0.321 e. The Morgan fingerprint density at radius 2 is 2.18 bits per heavy atom. The minimum absolute atomic E-state index is 0.0189. The van der Waals surface area contributed by atoms with Crippen LogP contribution in [0.1, 0.15) is 30.2 Å². The van der Waals surface area contributed by atoms with Crippen LogP contribution in [0.25, 0.3) is 0 Å². The Labute approximate surface area is 128 Å². The minimum atomic E-state index is -0.295. The molecule has 0 aromatic carbocycles. The van der Waals surface area contributed by atoms with Gasteiger partial charge < -0.3 is 14.6 Å². The predicted octanol–water partition coefficient (Wildman–Crippen LogP) is 2.42. The third kappa shape index (κ3) is 3.62. The second-order valence-corrected chi connectivity index (χ2v) is 5.29. The van der Waals surface area contributed by atoms with E-state index in [4.69, 9.17) is 9.26 Å². The molecule has 0 aliphatic carbocycles. The van der Waals surface area contributed by atoms with Crippen LogP contribution >= 0.6 is 0 Å². The highest BCUT2D eigenvalue weighted by Crippen LogP contribution is 2.27. The van der Waals surface area contributed by atoms with Crippen molar-refractivity contribution in [2.24, 2.45) is 0 Å². The fourth-order valence-electron chi connectivity index (χ4n) is 2.49. The van der Waals surface area contributed by atoms with Crippen LogP contribution < -0.4 is 10.6 Å². The van der Waals surface area contributed by atoms with Crippen molar-refractivity contribution in [2.45, 2.75) is 31.9 Å². The Bertz CT molecular complexity index is 629. The molecular formula is C15H18N4O3. The Morgan fingerprint density at radius 1 is 1.36 bits per heavy atom. The summed E-state index contributed by atoms with van der Waals surface area (Å²) >= 11 is 0. The van der Waals surface area contributed by atoms with Gasteiger partial charge in [0.15, 0.2) is 0 Å². The summed E-state index contributed by atoms with van der Waals surface area (Å²) in [6.45, 7) is 2.41. The molecule has 0 radical (unpaired) electrons. The molecule has 1 fully saturated rings. The lowest BCUT2D eigenvalue weighted by atomic mass is 9.98. The number of carbonyl (C=O) groups excluding carboxylic acids is 1. The lowest BCUT2D eigenvalue weighted by molar-refractivity contribution is 0.00248. The second-order valence-electron chi connectivity index (χ2n) is 5.29. The van der Waals surface area contributed by atoms with E-state index < -0.39 is 0 Å². The third-order valence-electron chi connectivity index (χ3n) is 3.56. The van der Waals surface area contributed by atoms with Gasteiger partial charge in [0.1, 0.15) is 0 Å². The van der Waals surface area contributed by atoms with E-state index in [9.17, 15) is 4.79 Å². The van der Waals surface area contributed by atoms with E-state index in [0.29, 0.717) is 12.5 Å². The van der Waals surface area contributed by atoms with Crippen LogP contribution in [0.2, 0.25) is 0 Å². The van der Waals surface area contributed by atoms with E-state index in [1.54, 1.807) is 25.4 Å². The summed E-state index contributed by atoms with van der Waals surface area (Å²) in [5.41, 5.74) is 1.80. The molecule has 2 aromatic rings. The van der Waals surface area contributed by atoms with Gasteiger partial charge in [0.25, 0.3) is 0 Å². The van der Waals surface area contributed by atoms with Crippen molar-refractivity contribution in [3.8, 4) is 0 Å². The number of aryl methyl sites for hydroxylation is 1. The Morgan fingerprint density at radius 3 is 2.91 bits per heavy atom. The van der Waals surface area contributed by atoms with Gasteiger partial charge in [0, 0.05) is 31.1 Å². The van der Waals surface area contributed by atoms with Crippen molar-refractivity contribution in [1.82, 2.24) is 15.5 Å². The van der Waals surface area contributed by atoms with Gasteiger partial charge in [0.05, 0.1) is 11.8 Å². The van der Waals surface area contributed by atoms with Gasteiger partial charge in [-0.25, -0.2) is 4.79 Å². The molecule has 1 aliphatic heterocycles. The predicted molar refractivity (Wildman–Crippen MR) is 79.3 cm³/mol. The average Bonchev–Trinajstić information content (AvgIpc) is 2.93. The summed E-state index contributed by atoms with van der Waals surface area (Å²) in [6, 6.07) is 5.30. The molecule has 7 nitrogen and oxygen atoms in total. The summed E-state index contributed by atoms with van der Waals surface area (Å²) in [5, 5.41) is 9.30. The summed E-state index contributed by atoms with van der Waals surface area (Å²) < 4.78 is 10.7. The monoisotopic (exact) mass is 302 g/mol. The molecule has 2 amide bonds. The van der Waals surface area contributed by atoms with Gasteiger partial charge >= 0.3 is 6.03 Å². The molecular weight excluding hydrogens is 284 g/mol. The molecule has 1 saturated heterocycles. The number of hydrogen-bond acceptors (Lipinski definition) is 5. The van der Waals surface area contributed by atoms with E-state index in [1.165, 1.54) is 0 Å². The first-order chi connectivity index (χ1) is 10.7. The highest BCUT2D eigenvalue weighted by molar-refractivity contribution is 5.87. The van der Waals surface area contributed by atoms with Gasteiger partial charge in [0.2, 0.25) is 5.88 Å². The second kappa shape index (κ2) is 6.57. The highest BCUT2D eigenvalue weighted by Gasteiger charge is 2.25. The van der Waals surface area contributed by atoms with Crippen LogP contribution in [0, 0.1) is 6.92 Å². The Balaban J connectivity index is 1.55. The molecule has 0 bridgehead atoms. The fourth-order valence-corrected chi connectivity index (χ4v) is 2.49. The topological polar surface area (TPSA) is 89.3 Å². The number of hydrogen-bond donors (Lipinski definition) is 2. The maximum Gasteiger partial charge on any atom is 0.321 e. The van der Waals surface area contributed by atoms with Crippen LogP contribution in [0.15, 0.2) is 35.1 Å². The molecule has 0 unspecified atom stereocenters. The van der Waals surface area contributed by atoms with Gasteiger partial charge in [-0.15, -0.1) is 0 Å². The number of nitrogens with zero attached hydrogens (tertiary/aromatic N) is 2. The Hall–Kier alpha value is -2.41. The van der Waals surface area contributed by atoms with Crippen molar-refractivity contribution >= 4 is 11.9 Å². The highest BCUT2D eigenvalue weighted by atomic mass is 16.5. The van der Waals surface area contributed by atoms with Crippen LogP contribution in [0.5, 0.6) is 0 Å². The maximum atomic E-state index is 12.0. The number of urea groups is 1. The number of anilines is 1. The van der Waals surface area contributed by atoms with Gasteiger partial charge in [-0.1, -0.05) is 5.16 Å². The van der Waals surface area contributed by atoms with Crippen molar-refractivity contribution < 1.29 is 14.1 Å². The van der Waals surface area contributed by atoms with E-state index in [1.807, 2.05) is 12.1 Å². The van der Waals surface area contributed by atoms with E-state index >= 15 is 0 Å². The first-order valence-electron chi connectivity index (χ1n) is 7.23. The number of rotatable bonds is 3. The van der Waals surface area contributed by atoms with Crippen LogP contribution in [0.4, 0.5) is 10.7 Å². The number of nitrogens with one attached hydrogen (secondary N) is 2. The van der Waals surface area contributed by atoms with Gasteiger partial charge in [-0.3, -0.25) is 10.3 Å². The van der Waals surface area contributed by atoms with Crippen molar-refractivity contribution in [3.05, 3.63) is 41.9 Å². The zero-order valence-electron chi connectivity index (χ0n) is 12.3. The van der Waals surface area contributed by atoms with Crippen LogP contribution in [-0.2, 0) is 4.74 Å². The number of carbonyl (C=O) groups is 1. The van der Waals surface area contributed by atoms with Crippen molar-refractivity contribution in [2.75, 3.05) is 11.9 Å². The molecule has 2 aromatic heterocycles. The Kier molecular flexibility index (Phi) is 4.34. The zero-order valence-corrected chi connectivity index (χ0v) is 12.3. The first kappa shape index (κ1) is 14.5. The summed E-state index contributed by atoms with van der Waals surface area (Å²) in [7, 11) is 0.